The molecule has 2 aromatic heterocycles. The summed E-state index contributed by atoms with van der Waals surface area (Å²) < 4.78 is 12.1. The molecule has 0 radical (unpaired) electrons. The number of carbonyl (C=O) groups is 1. The maximum Gasteiger partial charge on any atom is 0.419 e. The summed E-state index contributed by atoms with van der Waals surface area (Å²) >= 11 is 0. The summed E-state index contributed by atoms with van der Waals surface area (Å²) in [4.78, 5) is 16.8. The molecular formula is C18H20N2O4. The topological polar surface area (TPSA) is 73.6 Å². The van der Waals surface area contributed by atoms with Crippen LogP contribution in [0, 0.1) is 0 Å². The minimum absolute atomic E-state index is 0.0740. The van der Waals surface area contributed by atoms with Crippen molar-refractivity contribution in [1.29, 1.82) is 0 Å². The summed E-state index contributed by atoms with van der Waals surface area (Å²) in [5.74, 6) is 0.0740. The van der Waals surface area contributed by atoms with Crippen LogP contribution in [0.4, 0.5) is 4.79 Å². The van der Waals surface area contributed by atoms with E-state index in [2.05, 4.69) is 4.98 Å². The number of aromatic nitrogens is 2. The molecule has 0 saturated carbocycles. The van der Waals surface area contributed by atoms with Crippen molar-refractivity contribution in [3.8, 4) is 5.75 Å². The van der Waals surface area contributed by atoms with Gasteiger partial charge >= 0.3 is 6.09 Å². The van der Waals surface area contributed by atoms with Crippen LogP contribution in [0.1, 0.15) is 26.3 Å². The van der Waals surface area contributed by atoms with Crippen LogP contribution in [0.2, 0.25) is 0 Å². The first-order valence-corrected chi connectivity index (χ1v) is 7.64. The molecule has 3 aromatic rings. The molecule has 0 amide bonds. The van der Waals surface area contributed by atoms with E-state index in [-0.39, 0.29) is 12.4 Å². The molecular weight excluding hydrogens is 308 g/mol. The van der Waals surface area contributed by atoms with Crippen LogP contribution < -0.4 is 0 Å². The van der Waals surface area contributed by atoms with Gasteiger partial charge in [-0.05, 0) is 32.9 Å². The largest absolute Gasteiger partial charge is 0.508 e. The molecule has 6 heteroatoms. The second-order valence-electron chi connectivity index (χ2n) is 6.64. The molecule has 0 unspecified atom stereocenters. The van der Waals surface area contributed by atoms with Gasteiger partial charge in [0.05, 0.1) is 17.6 Å². The van der Waals surface area contributed by atoms with E-state index in [9.17, 15) is 9.90 Å². The number of carbonyl (C=O) groups excluding carboxylic acids is 1. The van der Waals surface area contributed by atoms with Crippen LogP contribution in [0.3, 0.4) is 0 Å². The minimum Gasteiger partial charge on any atom is -0.508 e. The molecule has 24 heavy (non-hydrogen) atoms. The number of aromatic hydroxyl groups is 1. The summed E-state index contributed by atoms with van der Waals surface area (Å²) in [6.07, 6.45) is 2.83. The van der Waals surface area contributed by atoms with Crippen molar-refractivity contribution in [2.24, 2.45) is 0 Å². The molecule has 0 atom stereocenters. The number of methoxy groups -OCH3 is 1. The number of benzene rings is 1. The lowest BCUT2D eigenvalue weighted by atomic mass is 10.1. The van der Waals surface area contributed by atoms with Gasteiger partial charge in [-0.1, -0.05) is 0 Å². The molecule has 0 fully saturated rings. The highest BCUT2D eigenvalue weighted by Crippen LogP contribution is 2.34. The fourth-order valence-electron chi connectivity index (χ4n) is 2.72. The van der Waals surface area contributed by atoms with Gasteiger partial charge in [-0.3, -0.25) is 4.98 Å². The molecule has 0 aliphatic rings. The molecule has 0 saturated heterocycles. The van der Waals surface area contributed by atoms with Gasteiger partial charge in [-0.15, -0.1) is 0 Å². The van der Waals surface area contributed by atoms with E-state index in [1.165, 1.54) is 4.57 Å². The third-order valence-corrected chi connectivity index (χ3v) is 3.64. The number of phenolic OH excluding ortho intramolecular Hbond substituents is 1. The van der Waals surface area contributed by atoms with Crippen molar-refractivity contribution >= 4 is 27.9 Å². The zero-order chi connectivity index (χ0) is 17.5. The predicted molar refractivity (Wildman–Crippen MR) is 91.2 cm³/mol. The minimum atomic E-state index is -0.620. The number of ether oxygens (including phenoxy) is 2. The van der Waals surface area contributed by atoms with Crippen LogP contribution in [-0.4, -0.2) is 33.5 Å². The number of fused-ring (bicyclic) bond motifs is 3. The van der Waals surface area contributed by atoms with Gasteiger partial charge in [0.25, 0.3) is 0 Å². The first-order valence-electron chi connectivity index (χ1n) is 7.64. The third kappa shape index (κ3) is 2.80. The van der Waals surface area contributed by atoms with E-state index in [4.69, 9.17) is 9.47 Å². The first-order chi connectivity index (χ1) is 11.3. The Labute approximate surface area is 139 Å². The lowest BCUT2D eigenvalue weighted by Crippen LogP contribution is -2.27. The van der Waals surface area contributed by atoms with Crippen molar-refractivity contribution in [2.45, 2.75) is 33.0 Å². The van der Waals surface area contributed by atoms with Crippen LogP contribution in [0.5, 0.6) is 5.75 Å². The highest BCUT2D eigenvalue weighted by Gasteiger charge is 2.23. The number of hydrogen-bond donors (Lipinski definition) is 1. The molecule has 3 rings (SSSR count). The average Bonchev–Trinajstić information content (AvgIpc) is 2.80. The van der Waals surface area contributed by atoms with E-state index in [1.807, 2.05) is 26.8 Å². The number of phenols is 1. The van der Waals surface area contributed by atoms with E-state index in [0.29, 0.717) is 16.6 Å². The normalized spacial score (nSPS) is 12.0. The summed E-state index contributed by atoms with van der Waals surface area (Å²) in [5.41, 5.74) is 1.29. The quantitative estimate of drug-likeness (QED) is 0.774. The number of pyridine rings is 1. The second-order valence-corrected chi connectivity index (χ2v) is 6.64. The Bertz CT molecular complexity index is 922. The van der Waals surface area contributed by atoms with E-state index in [1.54, 1.807) is 31.6 Å². The molecule has 0 spiro atoms. The van der Waals surface area contributed by atoms with Crippen molar-refractivity contribution in [3.05, 3.63) is 36.2 Å². The Morgan fingerprint density at radius 3 is 2.67 bits per heavy atom. The summed E-state index contributed by atoms with van der Waals surface area (Å²) in [6.45, 7) is 5.72. The Balaban J connectivity index is 2.30. The maximum atomic E-state index is 12.7. The lowest BCUT2D eigenvalue weighted by molar-refractivity contribution is 0.0551. The zero-order valence-electron chi connectivity index (χ0n) is 14.2. The number of nitrogens with zero attached hydrogens (tertiary/aromatic N) is 2. The highest BCUT2D eigenvalue weighted by atomic mass is 16.6. The molecule has 0 aliphatic carbocycles. The fraction of sp³-hybridized carbons (Fsp3) is 0.333. The average molecular weight is 328 g/mol. The third-order valence-electron chi connectivity index (χ3n) is 3.64. The monoisotopic (exact) mass is 328 g/mol. The van der Waals surface area contributed by atoms with Crippen LogP contribution in [-0.2, 0) is 16.1 Å². The van der Waals surface area contributed by atoms with Gasteiger partial charge in [-0.25, -0.2) is 9.36 Å². The molecule has 0 bridgehead atoms. The van der Waals surface area contributed by atoms with Gasteiger partial charge in [0.2, 0.25) is 0 Å². The zero-order valence-corrected chi connectivity index (χ0v) is 14.2. The molecule has 6 nitrogen and oxygen atoms in total. The SMILES string of the molecule is COCc1cc2c3cnccc3n(C(=O)OC(C)(C)C)c2cc1O. The summed E-state index contributed by atoms with van der Waals surface area (Å²) in [7, 11) is 1.56. The van der Waals surface area contributed by atoms with E-state index < -0.39 is 11.7 Å². The van der Waals surface area contributed by atoms with E-state index in [0.717, 1.165) is 10.8 Å². The molecule has 1 N–H and O–H groups in total. The van der Waals surface area contributed by atoms with Gasteiger partial charge in [0.15, 0.2) is 0 Å². The second kappa shape index (κ2) is 5.79. The first kappa shape index (κ1) is 16.3. The Morgan fingerprint density at radius 1 is 1.25 bits per heavy atom. The number of rotatable bonds is 2. The van der Waals surface area contributed by atoms with Gasteiger partial charge in [-0.2, -0.15) is 0 Å². The van der Waals surface area contributed by atoms with Crippen molar-refractivity contribution in [3.63, 3.8) is 0 Å². The lowest BCUT2D eigenvalue weighted by Gasteiger charge is -2.20. The van der Waals surface area contributed by atoms with Crippen molar-refractivity contribution < 1.29 is 19.4 Å². The molecule has 0 aliphatic heterocycles. The van der Waals surface area contributed by atoms with Crippen molar-refractivity contribution in [1.82, 2.24) is 9.55 Å². The Kier molecular flexibility index (Phi) is 3.93. The highest BCUT2D eigenvalue weighted by molar-refractivity contribution is 6.12. The van der Waals surface area contributed by atoms with Gasteiger partial charge in [0.1, 0.15) is 11.4 Å². The Morgan fingerprint density at radius 2 is 2.00 bits per heavy atom. The molecule has 2 heterocycles. The van der Waals surface area contributed by atoms with Crippen LogP contribution in [0.25, 0.3) is 21.8 Å². The summed E-state index contributed by atoms with van der Waals surface area (Å²) in [6, 6.07) is 5.14. The predicted octanol–water partition coefficient (Wildman–Crippen LogP) is 3.82. The van der Waals surface area contributed by atoms with E-state index >= 15 is 0 Å². The smallest absolute Gasteiger partial charge is 0.419 e. The standard InChI is InChI=1S/C18H20N2O4/c1-18(2,3)24-17(22)20-14-5-6-19-9-13(14)12-7-11(10-23-4)16(21)8-15(12)20/h5-9,21H,10H2,1-4H3. The number of hydrogen-bond acceptors (Lipinski definition) is 5. The molecule has 1 aromatic carbocycles. The van der Waals surface area contributed by atoms with Gasteiger partial charge < -0.3 is 14.6 Å². The fourth-order valence-corrected chi connectivity index (χ4v) is 2.72. The van der Waals surface area contributed by atoms with Gasteiger partial charge in [0, 0.05) is 41.9 Å². The molecule has 126 valence electrons. The van der Waals surface area contributed by atoms with Crippen LogP contribution >= 0.6 is 0 Å². The maximum absolute atomic E-state index is 12.7. The van der Waals surface area contributed by atoms with Crippen LogP contribution in [0.15, 0.2) is 30.6 Å². The van der Waals surface area contributed by atoms with Crippen molar-refractivity contribution in [2.75, 3.05) is 7.11 Å². The Hall–Kier alpha value is -2.60. The summed E-state index contributed by atoms with van der Waals surface area (Å²) in [5, 5.41) is 11.9.